The third kappa shape index (κ3) is 4.69. The van der Waals surface area contributed by atoms with Crippen molar-refractivity contribution in [3.63, 3.8) is 0 Å². The van der Waals surface area contributed by atoms with Crippen molar-refractivity contribution >= 4 is 29.3 Å². The molecule has 0 aromatic heterocycles. The number of carbonyl (C=O) groups excluding carboxylic acids is 1. The van der Waals surface area contributed by atoms with Gasteiger partial charge in [-0.1, -0.05) is 11.6 Å². The number of aliphatic carboxylic acids is 1. The Morgan fingerprint density at radius 2 is 1.90 bits per heavy atom. The lowest BCUT2D eigenvalue weighted by Gasteiger charge is -2.14. The Morgan fingerprint density at radius 1 is 1.29 bits per heavy atom. The Kier molecular flexibility index (Phi) is 6.07. The Balaban J connectivity index is 2.76. The Hall–Kier alpha value is -2.19. The smallest absolute Gasteiger partial charge is 0.334 e. The molecule has 21 heavy (non-hydrogen) atoms. The molecule has 8 nitrogen and oxygen atoms in total. The van der Waals surface area contributed by atoms with E-state index in [2.05, 4.69) is 10.6 Å². The van der Waals surface area contributed by atoms with Crippen LogP contribution in [0.1, 0.15) is 0 Å². The van der Waals surface area contributed by atoms with Gasteiger partial charge in [0.25, 0.3) is 0 Å². The van der Waals surface area contributed by atoms with Crippen LogP contribution in [0.25, 0.3) is 0 Å². The van der Waals surface area contributed by atoms with Gasteiger partial charge in [0, 0.05) is 6.07 Å². The molecule has 0 saturated heterocycles. The van der Waals surface area contributed by atoms with E-state index in [0.29, 0.717) is 11.5 Å². The molecule has 9 heteroatoms. The van der Waals surface area contributed by atoms with Gasteiger partial charge in [0.05, 0.1) is 31.5 Å². The molecule has 0 saturated carbocycles. The van der Waals surface area contributed by atoms with Crippen LogP contribution < -0.4 is 20.1 Å². The lowest BCUT2D eigenvalue weighted by molar-refractivity contribution is -0.146. The number of amides is 2. The van der Waals surface area contributed by atoms with E-state index in [1.165, 1.54) is 26.4 Å². The number of aliphatic hydroxyl groups excluding tert-OH is 1. The first-order chi connectivity index (χ1) is 9.88. The fraction of sp³-hybridized carbons (Fsp3) is 0.333. The largest absolute Gasteiger partial charge is 0.495 e. The molecular weight excluding hydrogens is 304 g/mol. The molecule has 0 fully saturated rings. The summed E-state index contributed by atoms with van der Waals surface area (Å²) in [5, 5.41) is 22.4. The first-order valence-corrected chi connectivity index (χ1v) is 6.14. The number of methoxy groups -OCH3 is 2. The van der Waals surface area contributed by atoms with Gasteiger partial charge < -0.3 is 30.3 Å². The van der Waals surface area contributed by atoms with Crippen molar-refractivity contribution < 1.29 is 29.3 Å². The molecule has 1 aromatic rings. The summed E-state index contributed by atoms with van der Waals surface area (Å²) in [4.78, 5) is 22.0. The second-order valence-electron chi connectivity index (χ2n) is 3.88. The maximum Gasteiger partial charge on any atom is 0.334 e. The minimum Gasteiger partial charge on any atom is -0.495 e. The predicted molar refractivity (Wildman–Crippen MR) is 75.2 cm³/mol. The summed E-state index contributed by atoms with van der Waals surface area (Å²) < 4.78 is 10.1. The normalized spacial score (nSPS) is 11.4. The molecule has 2 amide bonds. The summed E-state index contributed by atoms with van der Waals surface area (Å²) in [6.07, 6.45) is -1.68. The second kappa shape index (κ2) is 7.55. The maximum absolute atomic E-state index is 11.6. The van der Waals surface area contributed by atoms with E-state index in [1.54, 1.807) is 0 Å². The summed E-state index contributed by atoms with van der Waals surface area (Å²) in [5.74, 6) is -0.744. The topological polar surface area (TPSA) is 117 Å². The van der Waals surface area contributed by atoms with E-state index in [-0.39, 0.29) is 10.7 Å². The minimum absolute atomic E-state index is 0.263. The van der Waals surface area contributed by atoms with Gasteiger partial charge in [-0.3, -0.25) is 0 Å². The SMILES string of the molecule is COc1cc(OC)c(NC(=O)NC[C@H](O)C(=O)O)cc1Cl. The van der Waals surface area contributed by atoms with Crippen LogP contribution in [0.4, 0.5) is 10.5 Å². The van der Waals surface area contributed by atoms with Crippen LogP contribution in [-0.4, -0.2) is 49.1 Å². The summed E-state index contributed by atoms with van der Waals surface area (Å²) in [5.41, 5.74) is 0.269. The third-order valence-corrected chi connectivity index (χ3v) is 2.76. The summed E-state index contributed by atoms with van der Waals surface area (Å²) in [7, 11) is 2.84. The minimum atomic E-state index is -1.68. The van der Waals surface area contributed by atoms with Crippen LogP contribution in [-0.2, 0) is 4.79 Å². The number of halogens is 1. The van der Waals surface area contributed by atoms with Crippen LogP contribution in [0.3, 0.4) is 0 Å². The Bertz CT molecular complexity index is 537. The van der Waals surface area contributed by atoms with Gasteiger partial charge in [-0.05, 0) is 6.07 Å². The fourth-order valence-electron chi connectivity index (χ4n) is 1.40. The molecule has 0 bridgehead atoms. The van der Waals surface area contributed by atoms with Crippen LogP contribution in [0.2, 0.25) is 5.02 Å². The van der Waals surface area contributed by atoms with E-state index in [4.69, 9.17) is 31.3 Å². The monoisotopic (exact) mass is 318 g/mol. The number of ether oxygens (including phenoxy) is 2. The number of nitrogens with one attached hydrogen (secondary N) is 2. The standard InChI is InChI=1S/C12H15ClN2O6/c1-20-9-4-10(21-2)7(3-6(9)13)15-12(19)14-5-8(16)11(17)18/h3-4,8,16H,5H2,1-2H3,(H,17,18)(H2,14,15,19)/t8-/m0/s1. The predicted octanol–water partition coefficient (Wildman–Crippen LogP) is 0.924. The summed E-state index contributed by atoms with van der Waals surface area (Å²) in [6, 6.07) is 2.20. The van der Waals surface area contributed by atoms with E-state index in [1.807, 2.05) is 0 Å². The zero-order chi connectivity index (χ0) is 16.0. The molecule has 0 spiro atoms. The Morgan fingerprint density at radius 3 is 2.43 bits per heavy atom. The Labute approximate surface area is 125 Å². The highest BCUT2D eigenvalue weighted by Gasteiger charge is 2.16. The average Bonchev–Trinajstić information content (AvgIpc) is 2.44. The summed E-state index contributed by atoms with van der Waals surface area (Å²) in [6.45, 7) is -0.437. The van der Waals surface area contributed by atoms with Crippen LogP contribution >= 0.6 is 11.6 Å². The third-order valence-electron chi connectivity index (χ3n) is 2.46. The number of hydrogen-bond acceptors (Lipinski definition) is 5. The second-order valence-corrected chi connectivity index (χ2v) is 4.28. The van der Waals surface area contributed by atoms with E-state index < -0.39 is 24.6 Å². The zero-order valence-corrected chi connectivity index (χ0v) is 12.1. The number of anilines is 1. The number of carboxylic acid groups (broad SMARTS) is 1. The number of aliphatic hydroxyl groups is 1. The molecule has 0 aliphatic heterocycles. The number of carboxylic acids is 1. The van der Waals surface area contributed by atoms with Crippen molar-refractivity contribution in [1.29, 1.82) is 0 Å². The van der Waals surface area contributed by atoms with Gasteiger partial charge in [-0.25, -0.2) is 9.59 Å². The molecule has 0 radical (unpaired) electrons. The zero-order valence-electron chi connectivity index (χ0n) is 11.3. The van der Waals surface area contributed by atoms with Gasteiger partial charge in [0.15, 0.2) is 6.10 Å². The molecule has 0 aliphatic rings. The first kappa shape index (κ1) is 16.9. The fourth-order valence-corrected chi connectivity index (χ4v) is 1.64. The molecule has 1 rings (SSSR count). The van der Waals surface area contributed by atoms with Crippen LogP contribution in [0, 0.1) is 0 Å². The molecule has 116 valence electrons. The van der Waals surface area contributed by atoms with Gasteiger partial charge >= 0.3 is 12.0 Å². The molecule has 1 atom stereocenters. The maximum atomic E-state index is 11.6. The first-order valence-electron chi connectivity index (χ1n) is 5.76. The number of benzene rings is 1. The highest BCUT2D eigenvalue weighted by Crippen LogP contribution is 2.35. The van der Waals surface area contributed by atoms with Crippen LogP contribution in [0.15, 0.2) is 12.1 Å². The van der Waals surface area contributed by atoms with Gasteiger partial charge in [-0.15, -0.1) is 0 Å². The number of carbonyl (C=O) groups is 2. The number of urea groups is 1. The average molecular weight is 319 g/mol. The van der Waals surface area contributed by atoms with Gasteiger partial charge in [0.2, 0.25) is 0 Å². The van der Waals surface area contributed by atoms with Gasteiger partial charge in [-0.2, -0.15) is 0 Å². The number of hydrogen-bond donors (Lipinski definition) is 4. The quantitative estimate of drug-likeness (QED) is 0.619. The van der Waals surface area contributed by atoms with Crippen molar-refractivity contribution in [2.24, 2.45) is 0 Å². The lowest BCUT2D eigenvalue weighted by Crippen LogP contribution is -2.38. The van der Waals surface area contributed by atoms with E-state index in [9.17, 15) is 9.59 Å². The van der Waals surface area contributed by atoms with Crippen molar-refractivity contribution in [1.82, 2.24) is 5.32 Å². The van der Waals surface area contributed by atoms with Crippen molar-refractivity contribution in [3.05, 3.63) is 17.2 Å². The summed E-state index contributed by atoms with van der Waals surface area (Å²) >= 11 is 5.94. The van der Waals surface area contributed by atoms with E-state index in [0.717, 1.165) is 0 Å². The molecule has 0 heterocycles. The highest BCUT2D eigenvalue weighted by molar-refractivity contribution is 6.32. The van der Waals surface area contributed by atoms with Crippen molar-refractivity contribution in [2.75, 3.05) is 26.1 Å². The molecule has 0 unspecified atom stereocenters. The lowest BCUT2D eigenvalue weighted by atomic mass is 10.2. The highest BCUT2D eigenvalue weighted by atomic mass is 35.5. The number of rotatable bonds is 6. The van der Waals surface area contributed by atoms with Crippen LogP contribution in [0.5, 0.6) is 11.5 Å². The molecular formula is C12H15ClN2O6. The van der Waals surface area contributed by atoms with Crippen molar-refractivity contribution in [3.8, 4) is 11.5 Å². The molecule has 4 N–H and O–H groups in total. The van der Waals surface area contributed by atoms with E-state index >= 15 is 0 Å². The molecule has 1 aromatic carbocycles. The molecule has 0 aliphatic carbocycles. The van der Waals surface area contributed by atoms with Gasteiger partial charge in [0.1, 0.15) is 11.5 Å². The van der Waals surface area contributed by atoms with Crippen molar-refractivity contribution in [2.45, 2.75) is 6.10 Å².